The molecule has 0 atom stereocenters. The molecule has 0 rings (SSSR count). The Hall–Kier alpha value is -0.520. The maximum atomic E-state index is 3.69. The van der Waals surface area contributed by atoms with Gasteiger partial charge < -0.3 is 0 Å². The zero-order valence-electron chi connectivity index (χ0n) is 11.8. The van der Waals surface area contributed by atoms with E-state index in [1.54, 1.807) is 0 Å². The van der Waals surface area contributed by atoms with E-state index >= 15 is 0 Å². The van der Waals surface area contributed by atoms with Gasteiger partial charge in [-0.25, -0.2) is 0 Å². The highest BCUT2D eigenvalue weighted by molar-refractivity contribution is 4.83. The van der Waals surface area contributed by atoms with Crippen molar-refractivity contribution in [3.05, 3.63) is 31.2 Å². The van der Waals surface area contributed by atoms with Crippen LogP contribution in [0.25, 0.3) is 0 Å². The maximum Gasteiger partial charge on any atom is -0.0316 e. The zero-order valence-corrected chi connectivity index (χ0v) is 11.8. The van der Waals surface area contributed by atoms with E-state index in [0.717, 1.165) is 0 Å². The average Bonchev–Trinajstić information content (AvgIpc) is 2.35. The van der Waals surface area contributed by atoms with Gasteiger partial charge in [0.1, 0.15) is 0 Å². The van der Waals surface area contributed by atoms with Gasteiger partial charge in [0.2, 0.25) is 0 Å². The highest BCUT2D eigenvalue weighted by Crippen LogP contribution is 2.10. The van der Waals surface area contributed by atoms with Crippen molar-refractivity contribution in [1.29, 1.82) is 0 Å². The summed E-state index contributed by atoms with van der Waals surface area (Å²) < 4.78 is 0. The third kappa shape index (κ3) is 15.5. The van der Waals surface area contributed by atoms with Gasteiger partial charge in [-0.3, -0.25) is 0 Å². The van der Waals surface area contributed by atoms with Gasteiger partial charge in [-0.2, -0.15) is 0 Å². The Morgan fingerprint density at radius 1 is 0.647 bits per heavy atom. The van der Waals surface area contributed by atoms with Crippen LogP contribution in [-0.4, -0.2) is 0 Å². The van der Waals surface area contributed by atoms with Crippen LogP contribution in [0.2, 0.25) is 0 Å². The fourth-order valence-electron chi connectivity index (χ4n) is 1.93. The van der Waals surface area contributed by atoms with Crippen LogP contribution in [0.15, 0.2) is 24.3 Å². The summed E-state index contributed by atoms with van der Waals surface area (Å²) in [5.41, 5.74) is 0. The molecule has 0 aliphatic rings. The number of hydrogen-bond acceptors (Lipinski definition) is 0. The summed E-state index contributed by atoms with van der Waals surface area (Å²) in [5.74, 6) is 0. The van der Waals surface area contributed by atoms with Crippen molar-refractivity contribution >= 4 is 0 Å². The third-order valence-electron chi connectivity index (χ3n) is 3.03. The Kier molecular flexibility index (Phi) is 15.0. The van der Waals surface area contributed by atoms with Crippen molar-refractivity contribution < 1.29 is 0 Å². The summed E-state index contributed by atoms with van der Waals surface area (Å²) in [5, 5.41) is 0. The summed E-state index contributed by atoms with van der Waals surface area (Å²) >= 11 is 0. The Labute approximate surface area is 109 Å². The average molecular weight is 235 g/mol. The molecule has 0 aliphatic carbocycles. The minimum atomic E-state index is 1.21. The highest BCUT2D eigenvalue weighted by Gasteiger charge is 1.90. The van der Waals surface area contributed by atoms with E-state index in [1.807, 2.05) is 6.08 Å². The summed E-state index contributed by atoms with van der Waals surface area (Å²) in [7, 11) is 0. The van der Waals surface area contributed by atoms with Crippen LogP contribution in [0.5, 0.6) is 0 Å². The van der Waals surface area contributed by atoms with Crippen LogP contribution >= 0.6 is 0 Å². The summed E-state index contributed by atoms with van der Waals surface area (Å²) in [6.07, 6.45) is 23.6. The normalized spacial score (nSPS) is 11.9. The van der Waals surface area contributed by atoms with E-state index in [2.05, 4.69) is 32.1 Å². The molecule has 0 amide bonds. The molecule has 0 aliphatic heterocycles. The molecule has 0 saturated heterocycles. The lowest BCUT2D eigenvalue weighted by molar-refractivity contribution is 0.583. The van der Waals surface area contributed by atoms with Crippen LogP contribution in [0.3, 0.4) is 0 Å². The summed E-state index contributed by atoms with van der Waals surface area (Å²) in [6.45, 7) is 5.93. The Morgan fingerprint density at radius 2 is 1.12 bits per heavy atom. The number of hydrogen-bond donors (Lipinski definition) is 0. The summed E-state index contributed by atoms with van der Waals surface area (Å²) in [6, 6.07) is 0. The van der Waals surface area contributed by atoms with E-state index in [1.165, 1.54) is 70.6 Å². The minimum absolute atomic E-state index is 1.21. The van der Waals surface area contributed by atoms with Gasteiger partial charge in [0.05, 0.1) is 0 Å². The van der Waals surface area contributed by atoms with E-state index in [4.69, 9.17) is 0 Å². The SMILES string of the molecule is [CH2]C=CCCCCCCCCCC=CCCC. The molecule has 0 heterocycles. The fraction of sp³-hybridized carbons (Fsp3) is 0.706. The van der Waals surface area contributed by atoms with Gasteiger partial charge in [0.25, 0.3) is 0 Å². The molecule has 0 aromatic carbocycles. The lowest BCUT2D eigenvalue weighted by Crippen LogP contribution is -1.80. The van der Waals surface area contributed by atoms with Crippen LogP contribution in [0.4, 0.5) is 0 Å². The molecular weight excluding hydrogens is 204 g/mol. The molecule has 0 aromatic heterocycles. The Balaban J connectivity index is 2.98. The lowest BCUT2D eigenvalue weighted by Gasteiger charge is -2.00. The first-order valence-corrected chi connectivity index (χ1v) is 7.51. The van der Waals surface area contributed by atoms with Crippen LogP contribution in [0.1, 0.15) is 77.6 Å². The van der Waals surface area contributed by atoms with Gasteiger partial charge in [-0.15, -0.1) is 0 Å². The molecule has 0 fully saturated rings. The second-order valence-corrected chi connectivity index (χ2v) is 4.78. The van der Waals surface area contributed by atoms with Crippen molar-refractivity contribution in [2.75, 3.05) is 0 Å². The molecule has 0 bridgehead atoms. The molecular formula is C17H31. The van der Waals surface area contributed by atoms with Crippen LogP contribution in [-0.2, 0) is 0 Å². The fourth-order valence-corrected chi connectivity index (χ4v) is 1.93. The van der Waals surface area contributed by atoms with Gasteiger partial charge >= 0.3 is 0 Å². The Bertz CT molecular complexity index is 176. The van der Waals surface area contributed by atoms with Crippen molar-refractivity contribution in [3.8, 4) is 0 Å². The van der Waals surface area contributed by atoms with E-state index in [0.29, 0.717) is 0 Å². The highest BCUT2D eigenvalue weighted by atomic mass is 14.0. The van der Waals surface area contributed by atoms with Crippen LogP contribution < -0.4 is 0 Å². The number of allylic oxidation sites excluding steroid dienone is 4. The molecule has 17 heavy (non-hydrogen) atoms. The second-order valence-electron chi connectivity index (χ2n) is 4.78. The Morgan fingerprint density at radius 3 is 1.65 bits per heavy atom. The van der Waals surface area contributed by atoms with Crippen molar-refractivity contribution in [2.45, 2.75) is 77.6 Å². The van der Waals surface area contributed by atoms with Gasteiger partial charge in [-0.1, -0.05) is 69.8 Å². The monoisotopic (exact) mass is 235 g/mol. The van der Waals surface area contributed by atoms with Crippen LogP contribution in [0, 0.1) is 6.92 Å². The van der Waals surface area contributed by atoms with Crippen molar-refractivity contribution in [2.24, 2.45) is 0 Å². The molecule has 0 nitrogen and oxygen atoms in total. The smallest absolute Gasteiger partial charge is 0.0316 e. The predicted molar refractivity (Wildman–Crippen MR) is 80.1 cm³/mol. The maximum absolute atomic E-state index is 3.69. The molecule has 99 valence electrons. The second kappa shape index (κ2) is 15.5. The van der Waals surface area contributed by atoms with E-state index < -0.39 is 0 Å². The van der Waals surface area contributed by atoms with Gasteiger partial charge in [0.15, 0.2) is 0 Å². The van der Waals surface area contributed by atoms with Crippen molar-refractivity contribution in [1.82, 2.24) is 0 Å². The molecule has 0 spiro atoms. The van der Waals surface area contributed by atoms with Crippen molar-refractivity contribution in [3.63, 3.8) is 0 Å². The molecule has 0 unspecified atom stereocenters. The molecule has 0 heteroatoms. The number of unbranched alkanes of at least 4 members (excludes halogenated alkanes) is 9. The molecule has 0 saturated carbocycles. The summed E-state index contributed by atoms with van der Waals surface area (Å²) in [4.78, 5) is 0. The quantitative estimate of drug-likeness (QED) is 0.277. The first-order valence-electron chi connectivity index (χ1n) is 7.51. The molecule has 1 radical (unpaired) electrons. The molecule has 0 aromatic rings. The largest absolute Gasteiger partial charge is 0.0885 e. The standard InChI is InChI=1S/C17H31/c1-3-5-7-9-11-13-15-17-16-14-12-10-8-6-4-2/h3,5,8,10H,1,4,6-7,9,11-17H2,2H3. The zero-order chi connectivity index (χ0) is 12.6. The topological polar surface area (TPSA) is 0 Å². The van der Waals surface area contributed by atoms with E-state index in [-0.39, 0.29) is 0 Å². The third-order valence-corrected chi connectivity index (χ3v) is 3.03. The first kappa shape index (κ1) is 16.5. The predicted octanol–water partition coefficient (Wildman–Crippen LogP) is 6.24. The lowest BCUT2D eigenvalue weighted by atomic mass is 10.1. The van der Waals surface area contributed by atoms with Gasteiger partial charge in [0, 0.05) is 0 Å². The number of rotatable bonds is 12. The molecule has 0 N–H and O–H groups in total. The van der Waals surface area contributed by atoms with E-state index in [9.17, 15) is 0 Å². The first-order chi connectivity index (χ1) is 8.41. The van der Waals surface area contributed by atoms with Gasteiger partial charge in [-0.05, 0) is 39.0 Å². The minimum Gasteiger partial charge on any atom is -0.0885 e.